The van der Waals surface area contributed by atoms with Crippen LogP contribution in [0.4, 0.5) is 5.69 Å². The van der Waals surface area contributed by atoms with Gasteiger partial charge in [0.1, 0.15) is 5.71 Å². The number of allylic oxidation sites excluding steroid dienone is 3. The zero-order valence-corrected chi connectivity index (χ0v) is 13.6. The Balaban J connectivity index is 2.46. The smallest absolute Gasteiger partial charge is 0.116 e. The molecule has 1 aromatic rings. The number of rotatable bonds is 5. The van der Waals surface area contributed by atoms with Gasteiger partial charge in [-0.05, 0) is 31.1 Å². The number of hydroxylamine groups is 2. The van der Waals surface area contributed by atoms with Crippen LogP contribution in [0.1, 0.15) is 20.3 Å². The maximum Gasteiger partial charge on any atom is 0.116 e. The van der Waals surface area contributed by atoms with Gasteiger partial charge in [0.2, 0.25) is 0 Å². The van der Waals surface area contributed by atoms with E-state index >= 15 is 0 Å². The Hall–Kier alpha value is -2.40. The molecule has 5 nitrogen and oxygen atoms in total. The highest BCUT2D eigenvalue weighted by Gasteiger charge is 2.22. The van der Waals surface area contributed by atoms with Gasteiger partial charge in [0.25, 0.3) is 0 Å². The molecule has 22 heavy (non-hydrogen) atoms. The standard InChI is InChI=1S/C17H22N4O/c1-6-8-16(20(4)22-5)17-14(3)13(2)12-21(19-17)15-9-7-10-18-11-15/h7-12H,3,6H2,1-2,4-5H3/b16-8+. The normalized spacial score (nSPS) is 15.5. The number of aromatic nitrogens is 1. The van der Waals surface area contributed by atoms with Crippen molar-refractivity contribution in [1.82, 2.24) is 10.0 Å². The van der Waals surface area contributed by atoms with Crippen molar-refractivity contribution in [3.8, 4) is 0 Å². The third-order valence-electron chi connectivity index (χ3n) is 3.45. The monoisotopic (exact) mass is 298 g/mol. The average Bonchev–Trinajstić information content (AvgIpc) is 2.55. The molecule has 1 aliphatic heterocycles. The fourth-order valence-electron chi connectivity index (χ4n) is 2.14. The van der Waals surface area contributed by atoms with Crippen LogP contribution in [0.3, 0.4) is 0 Å². The SMILES string of the molecule is C=C1C(C)=CN(c2cccnc2)N=C1/C(=C\CC)N(C)OC. The van der Waals surface area contributed by atoms with E-state index in [0.717, 1.165) is 34.7 Å². The molecule has 0 aliphatic carbocycles. The summed E-state index contributed by atoms with van der Waals surface area (Å²) in [6, 6.07) is 3.86. The van der Waals surface area contributed by atoms with Crippen molar-refractivity contribution < 1.29 is 4.84 Å². The van der Waals surface area contributed by atoms with Crippen molar-refractivity contribution in [2.45, 2.75) is 20.3 Å². The molecule has 5 heteroatoms. The van der Waals surface area contributed by atoms with Gasteiger partial charge in [-0.2, -0.15) is 5.10 Å². The van der Waals surface area contributed by atoms with E-state index < -0.39 is 0 Å². The van der Waals surface area contributed by atoms with Crippen molar-refractivity contribution in [2.75, 3.05) is 19.2 Å². The zero-order chi connectivity index (χ0) is 16.1. The minimum absolute atomic E-state index is 0.801. The number of nitrogens with zero attached hydrogens (tertiary/aromatic N) is 4. The van der Waals surface area contributed by atoms with E-state index in [0.29, 0.717) is 0 Å². The summed E-state index contributed by atoms with van der Waals surface area (Å²) < 4.78 is 0. The Bertz CT molecular complexity index is 631. The average molecular weight is 298 g/mol. The third-order valence-corrected chi connectivity index (χ3v) is 3.45. The van der Waals surface area contributed by atoms with Crippen LogP contribution in [0.25, 0.3) is 0 Å². The Morgan fingerprint density at radius 2 is 2.27 bits per heavy atom. The largest absolute Gasteiger partial charge is 0.277 e. The van der Waals surface area contributed by atoms with E-state index in [1.54, 1.807) is 24.6 Å². The van der Waals surface area contributed by atoms with Gasteiger partial charge < -0.3 is 0 Å². The Kier molecular flexibility index (Phi) is 5.12. The van der Waals surface area contributed by atoms with Crippen LogP contribution in [0, 0.1) is 0 Å². The summed E-state index contributed by atoms with van der Waals surface area (Å²) >= 11 is 0. The van der Waals surface area contributed by atoms with Crippen LogP contribution >= 0.6 is 0 Å². The predicted octanol–water partition coefficient (Wildman–Crippen LogP) is 3.50. The first-order valence-electron chi connectivity index (χ1n) is 7.22. The molecule has 2 rings (SSSR count). The molecule has 0 amide bonds. The van der Waals surface area contributed by atoms with Gasteiger partial charge >= 0.3 is 0 Å². The Labute approximate surface area is 131 Å². The second-order valence-corrected chi connectivity index (χ2v) is 4.97. The molecule has 1 aliphatic rings. The van der Waals surface area contributed by atoms with Gasteiger partial charge in [-0.3, -0.25) is 14.9 Å². The zero-order valence-electron chi connectivity index (χ0n) is 13.6. The lowest BCUT2D eigenvalue weighted by Gasteiger charge is -2.28. The Morgan fingerprint density at radius 1 is 1.50 bits per heavy atom. The van der Waals surface area contributed by atoms with Crippen LogP contribution in [0.2, 0.25) is 0 Å². The van der Waals surface area contributed by atoms with Crippen LogP contribution < -0.4 is 5.01 Å². The van der Waals surface area contributed by atoms with Gasteiger partial charge in [0, 0.05) is 25.0 Å². The van der Waals surface area contributed by atoms with Crippen molar-refractivity contribution in [1.29, 1.82) is 0 Å². The molecule has 0 N–H and O–H groups in total. The molecular formula is C17H22N4O. The van der Waals surface area contributed by atoms with Crippen LogP contribution in [-0.2, 0) is 4.84 Å². The highest BCUT2D eigenvalue weighted by Crippen LogP contribution is 2.26. The van der Waals surface area contributed by atoms with E-state index in [9.17, 15) is 0 Å². The molecular weight excluding hydrogens is 276 g/mol. The van der Waals surface area contributed by atoms with Crippen LogP contribution in [0.15, 0.2) is 65.3 Å². The summed E-state index contributed by atoms with van der Waals surface area (Å²) in [6.07, 6.45) is 8.44. The van der Waals surface area contributed by atoms with E-state index in [1.165, 1.54) is 0 Å². The van der Waals surface area contributed by atoms with Gasteiger partial charge in [-0.25, -0.2) is 5.01 Å². The molecule has 0 saturated heterocycles. The third kappa shape index (κ3) is 3.26. The van der Waals surface area contributed by atoms with Crippen molar-refractivity contribution >= 4 is 11.4 Å². The lowest BCUT2D eigenvalue weighted by atomic mass is 10.0. The summed E-state index contributed by atoms with van der Waals surface area (Å²) in [5.74, 6) is 0. The molecule has 116 valence electrons. The minimum Gasteiger partial charge on any atom is -0.277 e. The molecule has 0 fully saturated rings. The molecule has 0 spiro atoms. The van der Waals surface area contributed by atoms with Crippen LogP contribution in [0.5, 0.6) is 0 Å². The lowest BCUT2D eigenvalue weighted by Crippen LogP contribution is -2.29. The summed E-state index contributed by atoms with van der Waals surface area (Å²) in [5, 5.41) is 8.24. The molecule has 0 aromatic carbocycles. The number of pyridine rings is 1. The molecule has 1 aromatic heterocycles. The number of anilines is 1. The molecule has 0 radical (unpaired) electrons. The van der Waals surface area contributed by atoms with Crippen molar-refractivity contribution in [3.05, 3.63) is 60.2 Å². The van der Waals surface area contributed by atoms with E-state index in [4.69, 9.17) is 9.94 Å². The van der Waals surface area contributed by atoms with Gasteiger partial charge in [-0.15, -0.1) is 0 Å². The number of hydrogen-bond donors (Lipinski definition) is 0. The van der Waals surface area contributed by atoms with Gasteiger partial charge in [-0.1, -0.05) is 19.6 Å². The fraction of sp³-hybridized carbons (Fsp3) is 0.294. The quantitative estimate of drug-likeness (QED) is 0.780. The summed E-state index contributed by atoms with van der Waals surface area (Å²) in [6.45, 7) is 8.27. The molecule has 0 bridgehead atoms. The van der Waals surface area contributed by atoms with Gasteiger partial charge in [0.05, 0.1) is 24.7 Å². The summed E-state index contributed by atoms with van der Waals surface area (Å²) in [5.41, 5.74) is 4.55. The fourth-order valence-corrected chi connectivity index (χ4v) is 2.14. The minimum atomic E-state index is 0.801. The van der Waals surface area contributed by atoms with Crippen molar-refractivity contribution in [2.24, 2.45) is 5.10 Å². The molecule has 2 heterocycles. The van der Waals surface area contributed by atoms with Crippen LogP contribution in [-0.4, -0.2) is 29.9 Å². The molecule has 0 unspecified atom stereocenters. The Morgan fingerprint density at radius 3 is 2.86 bits per heavy atom. The van der Waals surface area contributed by atoms with E-state index in [2.05, 4.69) is 24.6 Å². The van der Waals surface area contributed by atoms with E-state index in [1.807, 2.05) is 37.3 Å². The lowest BCUT2D eigenvalue weighted by molar-refractivity contribution is -0.0714. The molecule has 0 saturated carbocycles. The first kappa shape index (κ1) is 16.0. The van der Waals surface area contributed by atoms with Crippen molar-refractivity contribution in [3.63, 3.8) is 0 Å². The van der Waals surface area contributed by atoms with E-state index in [-0.39, 0.29) is 0 Å². The first-order chi connectivity index (χ1) is 10.6. The number of hydrogen-bond acceptors (Lipinski definition) is 5. The summed E-state index contributed by atoms with van der Waals surface area (Å²) in [4.78, 5) is 9.48. The highest BCUT2D eigenvalue weighted by molar-refractivity contribution is 6.15. The summed E-state index contributed by atoms with van der Waals surface area (Å²) in [7, 11) is 3.50. The van der Waals surface area contributed by atoms with Gasteiger partial charge in [0.15, 0.2) is 0 Å². The highest BCUT2D eigenvalue weighted by atomic mass is 16.7. The number of hydrazone groups is 1. The second-order valence-electron chi connectivity index (χ2n) is 4.97. The maximum absolute atomic E-state index is 5.34. The maximum atomic E-state index is 5.34. The predicted molar refractivity (Wildman–Crippen MR) is 90.2 cm³/mol. The topological polar surface area (TPSA) is 41.0 Å². The molecule has 0 atom stereocenters. The first-order valence-corrected chi connectivity index (χ1v) is 7.22. The second kappa shape index (κ2) is 7.04.